The van der Waals surface area contributed by atoms with Crippen molar-refractivity contribution >= 4 is 23.1 Å². The van der Waals surface area contributed by atoms with Crippen molar-refractivity contribution in [3.8, 4) is 0 Å². The van der Waals surface area contributed by atoms with Crippen molar-refractivity contribution in [1.29, 1.82) is 0 Å². The summed E-state index contributed by atoms with van der Waals surface area (Å²) in [4.78, 5) is 22.6. The van der Waals surface area contributed by atoms with Crippen LogP contribution < -0.4 is 5.73 Å². The van der Waals surface area contributed by atoms with E-state index in [2.05, 4.69) is 0 Å². The topological polar surface area (TPSA) is 80.4 Å². The number of thiophene rings is 1. The summed E-state index contributed by atoms with van der Waals surface area (Å²) in [5.41, 5.74) is 5.63. The Kier molecular flexibility index (Phi) is 3.38. The number of Topliss-reactive ketones (excluding diaryl/α,β-unsaturated/α-hetero) is 1. The van der Waals surface area contributed by atoms with Gasteiger partial charge in [-0.3, -0.25) is 4.79 Å². The number of carboxylic acids is 1. The first-order valence-electron chi connectivity index (χ1n) is 4.17. The van der Waals surface area contributed by atoms with Gasteiger partial charge in [-0.05, 0) is 12.1 Å². The minimum absolute atomic E-state index is 0.0798. The third kappa shape index (κ3) is 2.18. The molecule has 0 aliphatic rings. The number of hydrogen-bond acceptors (Lipinski definition) is 4. The van der Waals surface area contributed by atoms with Crippen molar-refractivity contribution in [2.45, 2.75) is 19.4 Å². The van der Waals surface area contributed by atoms with Crippen LogP contribution in [0.3, 0.4) is 0 Å². The molecule has 0 spiro atoms. The van der Waals surface area contributed by atoms with E-state index in [0.717, 1.165) is 11.3 Å². The van der Waals surface area contributed by atoms with Crippen molar-refractivity contribution < 1.29 is 14.7 Å². The second-order valence-corrected chi connectivity index (χ2v) is 3.92. The molecule has 0 aromatic carbocycles. The highest BCUT2D eigenvalue weighted by Gasteiger charge is 2.17. The second kappa shape index (κ2) is 4.34. The molecule has 1 heterocycles. The van der Waals surface area contributed by atoms with Gasteiger partial charge in [0.05, 0.1) is 6.04 Å². The summed E-state index contributed by atoms with van der Waals surface area (Å²) in [5.74, 6) is -1.07. The van der Waals surface area contributed by atoms with Crippen molar-refractivity contribution in [2.75, 3.05) is 0 Å². The third-order valence-electron chi connectivity index (χ3n) is 1.84. The molecule has 3 N–H and O–H groups in total. The smallest absolute Gasteiger partial charge is 0.345 e. The van der Waals surface area contributed by atoms with Crippen molar-refractivity contribution in [2.24, 2.45) is 5.73 Å². The molecule has 1 aromatic rings. The van der Waals surface area contributed by atoms with Crippen LogP contribution in [0.1, 0.15) is 33.9 Å². The van der Waals surface area contributed by atoms with Crippen molar-refractivity contribution in [1.82, 2.24) is 0 Å². The molecule has 5 heteroatoms. The van der Waals surface area contributed by atoms with Gasteiger partial charge < -0.3 is 10.8 Å². The van der Waals surface area contributed by atoms with Gasteiger partial charge in [-0.2, -0.15) is 0 Å². The highest BCUT2D eigenvalue weighted by Crippen LogP contribution is 2.23. The summed E-state index contributed by atoms with van der Waals surface area (Å²) in [5, 5.41) is 8.66. The Morgan fingerprint density at radius 3 is 2.64 bits per heavy atom. The molecule has 76 valence electrons. The lowest BCUT2D eigenvalue weighted by molar-refractivity contribution is -0.120. The molecule has 1 rings (SSSR count). The zero-order valence-corrected chi connectivity index (χ0v) is 8.50. The summed E-state index contributed by atoms with van der Waals surface area (Å²) in [6.07, 6.45) is 0.363. The number of rotatable bonds is 4. The number of carbonyl (C=O) groups is 2. The van der Waals surface area contributed by atoms with Crippen LogP contribution in [0.4, 0.5) is 0 Å². The molecule has 0 saturated carbocycles. The van der Waals surface area contributed by atoms with E-state index in [0.29, 0.717) is 11.3 Å². The molecule has 1 aromatic heterocycles. The maximum atomic E-state index is 11.2. The SMILES string of the molecule is CCC(=O)C(N)c1ccc(C(=O)O)s1. The van der Waals surface area contributed by atoms with E-state index >= 15 is 0 Å². The lowest BCUT2D eigenvalue weighted by atomic mass is 10.1. The van der Waals surface area contributed by atoms with Gasteiger partial charge in [-0.15, -0.1) is 11.3 Å². The number of carboxylic acid groups (broad SMARTS) is 1. The maximum absolute atomic E-state index is 11.2. The van der Waals surface area contributed by atoms with E-state index in [9.17, 15) is 9.59 Å². The van der Waals surface area contributed by atoms with Gasteiger partial charge in [0, 0.05) is 11.3 Å². The second-order valence-electron chi connectivity index (χ2n) is 2.80. The van der Waals surface area contributed by atoms with Crippen LogP contribution in [0.25, 0.3) is 0 Å². The fraction of sp³-hybridized carbons (Fsp3) is 0.333. The Bertz CT molecular complexity index is 359. The molecule has 0 amide bonds. The average Bonchev–Trinajstić information content (AvgIpc) is 2.64. The molecule has 0 bridgehead atoms. The first kappa shape index (κ1) is 10.9. The molecule has 14 heavy (non-hydrogen) atoms. The molecule has 0 fully saturated rings. The highest BCUT2D eigenvalue weighted by molar-refractivity contribution is 7.14. The number of carbonyl (C=O) groups excluding carboxylic acids is 1. The summed E-state index contributed by atoms with van der Waals surface area (Å²) >= 11 is 1.05. The largest absolute Gasteiger partial charge is 0.477 e. The van der Waals surface area contributed by atoms with Crippen molar-refractivity contribution in [3.63, 3.8) is 0 Å². The normalized spacial score (nSPS) is 12.4. The number of hydrogen-bond donors (Lipinski definition) is 2. The zero-order chi connectivity index (χ0) is 10.7. The van der Waals surface area contributed by atoms with E-state index < -0.39 is 12.0 Å². The summed E-state index contributed by atoms with van der Waals surface area (Å²) in [6, 6.07) is 2.37. The lowest BCUT2D eigenvalue weighted by Crippen LogP contribution is -2.19. The Labute approximate surface area is 85.4 Å². The van der Waals surface area contributed by atoms with Gasteiger partial charge in [0.15, 0.2) is 5.78 Å². The Morgan fingerprint density at radius 2 is 2.21 bits per heavy atom. The van der Waals surface area contributed by atoms with Crippen LogP contribution in [0.2, 0.25) is 0 Å². The predicted octanol–water partition coefficient (Wildman–Crippen LogP) is 1.43. The monoisotopic (exact) mass is 213 g/mol. The van der Waals surface area contributed by atoms with Gasteiger partial charge >= 0.3 is 5.97 Å². The first-order valence-corrected chi connectivity index (χ1v) is 4.99. The van der Waals surface area contributed by atoms with Crippen LogP contribution in [0, 0.1) is 0 Å². The fourth-order valence-corrected chi connectivity index (χ4v) is 1.89. The standard InChI is InChI=1S/C9H11NO3S/c1-2-5(11)8(10)6-3-4-7(14-6)9(12)13/h3-4,8H,2,10H2,1H3,(H,12,13). The Balaban J connectivity index is 2.86. The third-order valence-corrected chi connectivity index (χ3v) is 3.00. The van der Waals surface area contributed by atoms with Crippen LogP contribution in [0.15, 0.2) is 12.1 Å². The first-order chi connectivity index (χ1) is 6.56. The molecule has 1 atom stereocenters. The van der Waals surface area contributed by atoms with Crippen LogP contribution in [-0.2, 0) is 4.79 Å². The summed E-state index contributed by atoms with van der Waals surface area (Å²) < 4.78 is 0. The molecule has 0 aliphatic heterocycles. The molecule has 4 nitrogen and oxygen atoms in total. The summed E-state index contributed by atoms with van der Waals surface area (Å²) in [6.45, 7) is 1.73. The maximum Gasteiger partial charge on any atom is 0.345 e. The van der Waals surface area contributed by atoms with Gasteiger partial charge in [-0.1, -0.05) is 6.92 Å². The minimum atomic E-state index is -0.989. The fourth-order valence-electron chi connectivity index (χ4n) is 1.01. The van der Waals surface area contributed by atoms with Gasteiger partial charge in [0.2, 0.25) is 0 Å². The highest BCUT2D eigenvalue weighted by atomic mass is 32.1. The lowest BCUT2D eigenvalue weighted by Gasteiger charge is -2.05. The van der Waals surface area contributed by atoms with Gasteiger partial charge in [-0.25, -0.2) is 4.79 Å². The van der Waals surface area contributed by atoms with Crippen molar-refractivity contribution in [3.05, 3.63) is 21.9 Å². The molecule has 1 unspecified atom stereocenters. The van der Waals surface area contributed by atoms with E-state index in [1.807, 2.05) is 0 Å². The minimum Gasteiger partial charge on any atom is -0.477 e. The molecule has 0 radical (unpaired) electrons. The number of nitrogens with two attached hydrogens (primary N) is 1. The van der Waals surface area contributed by atoms with Crippen LogP contribution >= 0.6 is 11.3 Å². The Hall–Kier alpha value is -1.20. The van der Waals surface area contributed by atoms with E-state index in [1.54, 1.807) is 13.0 Å². The van der Waals surface area contributed by atoms with Gasteiger partial charge in [0.25, 0.3) is 0 Å². The van der Waals surface area contributed by atoms with Crippen LogP contribution in [-0.4, -0.2) is 16.9 Å². The Morgan fingerprint density at radius 1 is 1.57 bits per heavy atom. The molecule has 0 aliphatic carbocycles. The molecule has 0 saturated heterocycles. The number of aromatic carboxylic acids is 1. The average molecular weight is 213 g/mol. The van der Waals surface area contributed by atoms with Crippen LogP contribution in [0.5, 0.6) is 0 Å². The zero-order valence-electron chi connectivity index (χ0n) is 7.69. The number of ketones is 1. The van der Waals surface area contributed by atoms with Gasteiger partial charge in [0.1, 0.15) is 4.88 Å². The summed E-state index contributed by atoms with van der Waals surface area (Å²) in [7, 11) is 0. The van der Waals surface area contributed by atoms with E-state index in [4.69, 9.17) is 10.8 Å². The van der Waals surface area contributed by atoms with E-state index in [1.165, 1.54) is 6.07 Å². The van der Waals surface area contributed by atoms with E-state index in [-0.39, 0.29) is 10.7 Å². The molecular weight excluding hydrogens is 202 g/mol. The molecular formula is C9H11NO3S. The predicted molar refractivity (Wildman–Crippen MR) is 53.5 cm³/mol. The quantitative estimate of drug-likeness (QED) is 0.792.